The van der Waals surface area contributed by atoms with Gasteiger partial charge < -0.3 is 5.11 Å². The van der Waals surface area contributed by atoms with Gasteiger partial charge in [0, 0.05) is 58.1 Å². The number of hydrogen-bond acceptors (Lipinski definition) is 4. The van der Waals surface area contributed by atoms with E-state index in [1.54, 1.807) is 4.68 Å². The van der Waals surface area contributed by atoms with Crippen molar-refractivity contribution in [2.75, 3.05) is 32.7 Å². The molecular weight excluding hydrogens is 314 g/mol. The SMILES string of the molecule is Cn1cc(CN2CCN(C[C@@H](O)c3ccc(F)c(F)c3)CC2)cn1. The fourth-order valence-electron chi connectivity index (χ4n) is 3.01. The lowest BCUT2D eigenvalue weighted by Crippen LogP contribution is -2.47. The number of aliphatic hydroxyl groups is 1. The summed E-state index contributed by atoms with van der Waals surface area (Å²) in [5, 5.41) is 14.4. The van der Waals surface area contributed by atoms with Gasteiger partial charge in [-0.3, -0.25) is 14.5 Å². The van der Waals surface area contributed by atoms with E-state index in [1.165, 1.54) is 11.6 Å². The van der Waals surface area contributed by atoms with Crippen molar-refractivity contribution in [2.45, 2.75) is 12.6 Å². The van der Waals surface area contributed by atoms with Gasteiger partial charge in [-0.2, -0.15) is 5.10 Å². The molecule has 0 unspecified atom stereocenters. The van der Waals surface area contributed by atoms with Gasteiger partial charge in [-0.05, 0) is 17.7 Å². The first-order valence-electron chi connectivity index (χ1n) is 8.06. The molecule has 1 aromatic heterocycles. The Morgan fingerprint density at radius 1 is 1.12 bits per heavy atom. The molecule has 2 aromatic rings. The highest BCUT2D eigenvalue weighted by molar-refractivity contribution is 5.20. The second kappa shape index (κ2) is 7.38. The lowest BCUT2D eigenvalue weighted by molar-refractivity contribution is 0.0699. The molecule has 3 rings (SSSR count). The van der Waals surface area contributed by atoms with Crippen LogP contribution >= 0.6 is 0 Å². The number of aliphatic hydroxyl groups excluding tert-OH is 1. The smallest absolute Gasteiger partial charge is 0.159 e. The van der Waals surface area contributed by atoms with Crippen molar-refractivity contribution >= 4 is 0 Å². The third-order valence-corrected chi connectivity index (χ3v) is 4.39. The Morgan fingerprint density at radius 3 is 2.46 bits per heavy atom. The number of aryl methyl sites for hydroxylation is 1. The van der Waals surface area contributed by atoms with Crippen LogP contribution in [0.25, 0.3) is 0 Å². The van der Waals surface area contributed by atoms with Crippen LogP contribution in [0.2, 0.25) is 0 Å². The van der Waals surface area contributed by atoms with Crippen molar-refractivity contribution in [2.24, 2.45) is 7.05 Å². The van der Waals surface area contributed by atoms with Crippen molar-refractivity contribution in [1.82, 2.24) is 19.6 Å². The number of nitrogens with zero attached hydrogens (tertiary/aromatic N) is 4. The minimum absolute atomic E-state index is 0.409. The molecule has 1 saturated heterocycles. The molecular formula is C17H22F2N4O. The van der Waals surface area contributed by atoms with E-state index in [2.05, 4.69) is 14.9 Å². The second-order valence-electron chi connectivity index (χ2n) is 6.29. The van der Waals surface area contributed by atoms with Crippen molar-refractivity contribution in [3.63, 3.8) is 0 Å². The van der Waals surface area contributed by atoms with Crippen molar-refractivity contribution in [1.29, 1.82) is 0 Å². The van der Waals surface area contributed by atoms with Crippen molar-refractivity contribution in [3.05, 3.63) is 53.4 Å². The lowest BCUT2D eigenvalue weighted by Gasteiger charge is -2.35. The van der Waals surface area contributed by atoms with E-state index >= 15 is 0 Å². The predicted molar refractivity (Wildman–Crippen MR) is 86.2 cm³/mol. The van der Waals surface area contributed by atoms with E-state index in [1.807, 2.05) is 19.4 Å². The Hall–Kier alpha value is -1.83. The number of benzene rings is 1. The zero-order valence-electron chi connectivity index (χ0n) is 13.7. The molecule has 130 valence electrons. The number of halogens is 2. The molecule has 7 heteroatoms. The van der Waals surface area contributed by atoms with Gasteiger partial charge in [-0.25, -0.2) is 8.78 Å². The molecule has 5 nitrogen and oxygen atoms in total. The zero-order valence-corrected chi connectivity index (χ0v) is 13.7. The van der Waals surface area contributed by atoms with Crippen LogP contribution in [-0.4, -0.2) is 57.4 Å². The third kappa shape index (κ3) is 4.17. The molecule has 1 atom stereocenters. The summed E-state index contributed by atoms with van der Waals surface area (Å²) in [5.41, 5.74) is 1.60. The molecule has 0 spiro atoms. The average Bonchev–Trinajstić information content (AvgIpc) is 2.97. The summed E-state index contributed by atoms with van der Waals surface area (Å²) in [6.07, 6.45) is 3.07. The topological polar surface area (TPSA) is 44.5 Å². The molecule has 2 heterocycles. The van der Waals surface area contributed by atoms with E-state index in [0.29, 0.717) is 12.1 Å². The van der Waals surface area contributed by atoms with Crippen LogP contribution < -0.4 is 0 Å². The van der Waals surface area contributed by atoms with Crippen LogP contribution in [0.3, 0.4) is 0 Å². The van der Waals surface area contributed by atoms with Crippen molar-refractivity contribution < 1.29 is 13.9 Å². The van der Waals surface area contributed by atoms with Gasteiger partial charge in [0.25, 0.3) is 0 Å². The normalized spacial score (nSPS) is 18.0. The molecule has 1 aliphatic rings. The first-order valence-corrected chi connectivity index (χ1v) is 8.06. The van der Waals surface area contributed by atoms with Crippen LogP contribution in [0.5, 0.6) is 0 Å². The van der Waals surface area contributed by atoms with Crippen LogP contribution in [0.1, 0.15) is 17.2 Å². The van der Waals surface area contributed by atoms with Gasteiger partial charge in [0.2, 0.25) is 0 Å². The summed E-state index contributed by atoms with van der Waals surface area (Å²) < 4.78 is 28.0. The maximum atomic E-state index is 13.3. The maximum absolute atomic E-state index is 13.3. The van der Waals surface area contributed by atoms with Crippen LogP contribution in [0.15, 0.2) is 30.6 Å². The molecule has 1 aromatic carbocycles. The first kappa shape index (κ1) is 17.0. The van der Waals surface area contributed by atoms with Gasteiger partial charge in [0.1, 0.15) is 0 Å². The summed E-state index contributed by atoms with van der Waals surface area (Å²) in [4.78, 5) is 4.49. The summed E-state index contributed by atoms with van der Waals surface area (Å²) in [6.45, 7) is 4.76. The Labute approximate surface area is 140 Å². The lowest BCUT2D eigenvalue weighted by atomic mass is 10.1. The number of β-amino-alcohol motifs (C(OH)–C–C–N with tert-alkyl or cyclic N) is 1. The quantitative estimate of drug-likeness (QED) is 0.900. The van der Waals surface area contributed by atoms with Gasteiger partial charge in [-0.1, -0.05) is 6.07 Å². The van der Waals surface area contributed by atoms with Crippen LogP contribution in [0.4, 0.5) is 8.78 Å². The van der Waals surface area contributed by atoms with Crippen molar-refractivity contribution in [3.8, 4) is 0 Å². The number of aromatic nitrogens is 2. The summed E-state index contributed by atoms with van der Waals surface area (Å²) in [7, 11) is 1.90. The zero-order chi connectivity index (χ0) is 17.1. The van der Waals surface area contributed by atoms with Gasteiger partial charge in [-0.15, -0.1) is 0 Å². The molecule has 24 heavy (non-hydrogen) atoms. The number of hydrogen-bond donors (Lipinski definition) is 1. The Morgan fingerprint density at radius 2 is 1.83 bits per heavy atom. The molecule has 0 radical (unpaired) electrons. The number of piperazine rings is 1. The summed E-state index contributed by atoms with van der Waals surface area (Å²) in [6, 6.07) is 3.56. The fraction of sp³-hybridized carbons (Fsp3) is 0.471. The van der Waals surface area contributed by atoms with E-state index < -0.39 is 17.7 Å². The highest BCUT2D eigenvalue weighted by Crippen LogP contribution is 2.18. The van der Waals surface area contributed by atoms with Crippen LogP contribution in [-0.2, 0) is 13.6 Å². The van der Waals surface area contributed by atoms with E-state index in [4.69, 9.17) is 0 Å². The predicted octanol–water partition coefficient (Wildman–Crippen LogP) is 1.55. The molecule has 1 aliphatic heterocycles. The summed E-state index contributed by atoms with van der Waals surface area (Å²) >= 11 is 0. The van der Waals surface area contributed by atoms with Gasteiger partial charge >= 0.3 is 0 Å². The van der Waals surface area contributed by atoms with E-state index in [9.17, 15) is 13.9 Å². The number of rotatable bonds is 5. The van der Waals surface area contributed by atoms with Gasteiger partial charge in [0.15, 0.2) is 11.6 Å². The standard InChI is InChI=1S/C17H22F2N4O/c1-21-10-13(9-20-21)11-22-4-6-23(7-5-22)12-17(24)14-2-3-15(18)16(19)8-14/h2-3,8-10,17,24H,4-7,11-12H2,1H3/t17-/m1/s1. The Kier molecular flexibility index (Phi) is 5.23. The molecule has 0 amide bonds. The molecule has 0 aliphatic carbocycles. The molecule has 0 bridgehead atoms. The Bertz CT molecular complexity index is 683. The molecule has 1 N–H and O–H groups in total. The van der Waals surface area contributed by atoms with Crippen LogP contribution in [0, 0.1) is 11.6 Å². The highest BCUT2D eigenvalue weighted by atomic mass is 19.2. The minimum atomic E-state index is -0.923. The molecule has 1 fully saturated rings. The molecule has 0 saturated carbocycles. The maximum Gasteiger partial charge on any atom is 0.159 e. The van der Waals surface area contributed by atoms with Gasteiger partial charge in [0.05, 0.1) is 12.3 Å². The average molecular weight is 336 g/mol. The Balaban J connectivity index is 1.48. The second-order valence-corrected chi connectivity index (χ2v) is 6.29. The van der Waals surface area contributed by atoms with E-state index in [0.717, 1.165) is 44.9 Å². The highest BCUT2D eigenvalue weighted by Gasteiger charge is 2.21. The fourth-order valence-corrected chi connectivity index (χ4v) is 3.01. The third-order valence-electron chi connectivity index (χ3n) is 4.39. The minimum Gasteiger partial charge on any atom is -0.387 e. The first-order chi connectivity index (χ1) is 11.5. The summed E-state index contributed by atoms with van der Waals surface area (Å²) in [5.74, 6) is -1.82. The monoisotopic (exact) mass is 336 g/mol. The largest absolute Gasteiger partial charge is 0.387 e. The van der Waals surface area contributed by atoms with E-state index in [-0.39, 0.29) is 0 Å².